The molecule has 0 fully saturated rings. The number of nitrogens with one attached hydrogen (secondary N) is 2. The first kappa shape index (κ1) is 18.7. The highest BCUT2D eigenvalue weighted by molar-refractivity contribution is 6.14. The topological polar surface area (TPSA) is 31.6 Å². The zero-order valence-corrected chi connectivity index (χ0v) is 18.2. The third-order valence-corrected chi connectivity index (χ3v) is 6.34. The Hall–Kier alpha value is -4.04. The Morgan fingerprint density at radius 3 is 1.22 bits per heavy atom. The monoisotopic (exact) mass is 412 g/mol. The normalized spacial score (nSPS) is 11.4. The molecular weight excluding hydrogens is 388 g/mol. The molecule has 0 radical (unpaired) electrons. The number of hydrogen-bond acceptors (Lipinski definition) is 0. The average Bonchev–Trinajstić information content (AvgIpc) is 3.38. The first-order chi connectivity index (χ1) is 15.7. The van der Waals surface area contributed by atoms with Crippen LogP contribution in [0.3, 0.4) is 0 Å². The molecule has 2 heterocycles. The van der Waals surface area contributed by atoms with Crippen LogP contribution in [0.1, 0.15) is 11.1 Å². The first-order valence-corrected chi connectivity index (χ1v) is 11.0. The second kappa shape index (κ2) is 7.28. The SMILES string of the molecule is Cc1ccc(-c2[nH]c3ccccc3c2-c2c(-c3ccc(C)cc3)[nH]c3ccccc23)cc1. The van der Waals surface area contributed by atoms with Crippen molar-refractivity contribution in [2.75, 3.05) is 0 Å². The highest BCUT2D eigenvalue weighted by Gasteiger charge is 2.22. The van der Waals surface area contributed by atoms with Crippen LogP contribution in [0.15, 0.2) is 97.1 Å². The Labute approximate surface area is 187 Å². The van der Waals surface area contributed by atoms with E-state index < -0.39 is 0 Å². The van der Waals surface area contributed by atoms with Gasteiger partial charge in [0.25, 0.3) is 0 Å². The van der Waals surface area contributed by atoms with Crippen molar-refractivity contribution in [1.82, 2.24) is 9.97 Å². The van der Waals surface area contributed by atoms with Gasteiger partial charge in [-0.05, 0) is 37.1 Å². The zero-order valence-electron chi connectivity index (χ0n) is 18.2. The molecular formula is C30H24N2. The molecule has 0 atom stereocenters. The van der Waals surface area contributed by atoms with Gasteiger partial charge >= 0.3 is 0 Å². The summed E-state index contributed by atoms with van der Waals surface area (Å²) in [6.07, 6.45) is 0. The van der Waals surface area contributed by atoms with E-state index in [9.17, 15) is 0 Å². The van der Waals surface area contributed by atoms with Crippen molar-refractivity contribution in [2.45, 2.75) is 13.8 Å². The van der Waals surface area contributed by atoms with Gasteiger partial charge in [0.2, 0.25) is 0 Å². The van der Waals surface area contributed by atoms with Crippen LogP contribution in [0.2, 0.25) is 0 Å². The van der Waals surface area contributed by atoms with Crippen molar-refractivity contribution < 1.29 is 0 Å². The summed E-state index contributed by atoms with van der Waals surface area (Å²) in [6, 6.07) is 34.8. The summed E-state index contributed by atoms with van der Waals surface area (Å²) in [5.74, 6) is 0. The summed E-state index contributed by atoms with van der Waals surface area (Å²) in [5.41, 5.74) is 12.0. The molecule has 0 amide bonds. The maximum absolute atomic E-state index is 3.73. The smallest absolute Gasteiger partial charge is 0.0545 e. The predicted octanol–water partition coefficient (Wildman–Crippen LogP) is 8.27. The van der Waals surface area contributed by atoms with E-state index in [1.54, 1.807) is 0 Å². The summed E-state index contributed by atoms with van der Waals surface area (Å²) in [4.78, 5) is 7.45. The summed E-state index contributed by atoms with van der Waals surface area (Å²) in [5, 5.41) is 2.47. The van der Waals surface area contributed by atoms with Gasteiger partial charge in [-0.25, -0.2) is 0 Å². The fourth-order valence-electron chi connectivity index (χ4n) is 4.68. The molecule has 154 valence electrons. The number of para-hydroxylation sites is 2. The molecule has 0 aliphatic heterocycles. The average molecular weight is 413 g/mol. The van der Waals surface area contributed by atoms with Crippen LogP contribution < -0.4 is 0 Å². The lowest BCUT2D eigenvalue weighted by molar-refractivity contribution is 1.41. The van der Waals surface area contributed by atoms with E-state index in [4.69, 9.17) is 0 Å². The molecule has 2 heteroatoms. The Bertz CT molecular complexity index is 1440. The standard InChI is InChI=1S/C30H24N2/c1-19-11-15-21(16-12-19)29-27(23-7-3-5-9-25(23)31-29)28-24-8-4-6-10-26(24)32-30(28)22-17-13-20(2)14-18-22/h3-18,31-32H,1-2H3. The molecule has 0 spiro atoms. The second-order valence-electron chi connectivity index (χ2n) is 8.57. The number of fused-ring (bicyclic) bond motifs is 2. The van der Waals surface area contributed by atoms with Crippen molar-refractivity contribution in [1.29, 1.82) is 0 Å². The highest BCUT2D eigenvalue weighted by atomic mass is 14.8. The van der Waals surface area contributed by atoms with E-state index in [2.05, 4.69) is 121 Å². The fourth-order valence-corrected chi connectivity index (χ4v) is 4.68. The van der Waals surface area contributed by atoms with Crippen LogP contribution in [-0.2, 0) is 0 Å². The predicted molar refractivity (Wildman–Crippen MR) is 136 cm³/mol. The third kappa shape index (κ3) is 2.96. The number of aryl methyl sites for hydroxylation is 2. The van der Waals surface area contributed by atoms with E-state index in [0.29, 0.717) is 0 Å². The second-order valence-corrected chi connectivity index (χ2v) is 8.57. The van der Waals surface area contributed by atoms with Crippen LogP contribution >= 0.6 is 0 Å². The van der Waals surface area contributed by atoms with Crippen LogP contribution in [0.4, 0.5) is 0 Å². The highest BCUT2D eigenvalue weighted by Crippen LogP contribution is 2.46. The van der Waals surface area contributed by atoms with Crippen LogP contribution in [-0.4, -0.2) is 9.97 Å². The molecule has 2 aromatic heterocycles. The van der Waals surface area contributed by atoms with Crippen LogP contribution in [0.5, 0.6) is 0 Å². The molecule has 0 saturated carbocycles. The lowest BCUT2D eigenvalue weighted by Crippen LogP contribution is -1.87. The minimum atomic E-state index is 1.15. The van der Waals surface area contributed by atoms with Gasteiger partial charge < -0.3 is 9.97 Å². The number of hydrogen-bond donors (Lipinski definition) is 2. The maximum Gasteiger partial charge on any atom is 0.0545 e. The molecule has 2 nitrogen and oxygen atoms in total. The van der Waals surface area contributed by atoms with Gasteiger partial charge in [-0.3, -0.25) is 0 Å². The Morgan fingerprint density at radius 2 is 0.812 bits per heavy atom. The first-order valence-electron chi connectivity index (χ1n) is 11.0. The number of H-pyrrole nitrogens is 2. The van der Waals surface area contributed by atoms with Crippen molar-refractivity contribution in [3.8, 4) is 33.6 Å². The van der Waals surface area contributed by atoms with E-state index in [-0.39, 0.29) is 0 Å². The molecule has 6 rings (SSSR count). The van der Waals surface area contributed by atoms with Crippen molar-refractivity contribution in [2.24, 2.45) is 0 Å². The number of aromatic amines is 2. The summed E-state index contributed by atoms with van der Waals surface area (Å²) in [6.45, 7) is 4.26. The van der Waals surface area contributed by atoms with E-state index in [0.717, 1.165) is 22.4 Å². The van der Waals surface area contributed by atoms with Gasteiger partial charge in [0.15, 0.2) is 0 Å². The van der Waals surface area contributed by atoms with Gasteiger partial charge in [0, 0.05) is 32.9 Å². The van der Waals surface area contributed by atoms with Crippen molar-refractivity contribution >= 4 is 21.8 Å². The van der Waals surface area contributed by atoms with Crippen LogP contribution in [0, 0.1) is 13.8 Å². The Morgan fingerprint density at radius 1 is 0.438 bits per heavy atom. The van der Waals surface area contributed by atoms with E-state index >= 15 is 0 Å². The number of benzene rings is 4. The summed E-state index contributed by atoms with van der Waals surface area (Å²) in [7, 11) is 0. The maximum atomic E-state index is 3.73. The summed E-state index contributed by atoms with van der Waals surface area (Å²) < 4.78 is 0. The van der Waals surface area contributed by atoms with Crippen LogP contribution in [0.25, 0.3) is 55.4 Å². The molecule has 0 aliphatic rings. The lowest BCUT2D eigenvalue weighted by Gasteiger charge is -2.10. The van der Waals surface area contributed by atoms with Crippen molar-refractivity contribution in [3.05, 3.63) is 108 Å². The lowest BCUT2D eigenvalue weighted by atomic mass is 9.93. The summed E-state index contributed by atoms with van der Waals surface area (Å²) >= 11 is 0. The molecule has 6 aromatic rings. The van der Waals surface area contributed by atoms with E-state index in [1.807, 2.05) is 0 Å². The zero-order chi connectivity index (χ0) is 21.7. The largest absolute Gasteiger partial charge is 0.354 e. The van der Waals surface area contributed by atoms with Gasteiger partial charge in [0.05, 0.1) is 11.4 Å². The van der Waals surface area contributed by atoms with Gasteiger partial charge in [-0.1, -0.05) is 96.1 Å². The third-order valence-electron chi connectivity index (χ3n) is 6.34. The molecule has 32 heavy (non-hydrogen) atoms. The minimum absolute atomic E-state index is 1.15. The number of aromatic nitrogens is 2. The molecule has 0 saturated heterocycles. The van der Waals surface area contributed by atoms with Gasteiger partial charge in [-0.15, -0.1) is 0 Å². The fraction of sp³-hybridized carbons (Fsp3) is 0.0667. The molecule has 2 N–H and O–H groups in total. The quantitative estimate of drug-likeness (QED) is 0.293. The minimum Gasteiger partial charge on any atom is -0.354 e. The molecule has 4 aromatic carbocycles. The van der Waals surface area contributed by atoms with Gasteiger partial charge in [0.1, 0.15) is 0 Å². The Balaban J connectivity index is 1.74. The molecule has 0 aliphatic carbocycles. The van der Waals surface area contributed by atoms with Crippen molar-refractivity contribution in [3.63, 3.8) is 0 Å². The molecule has 0 bridgehead atoms. The van der Waals surface area contributed by atoms with Gasteiger partial charge in [-0.2, -0.15) is 0 Å². The molecule has 0 unspecified atom stereocenters. The Kier molecular flexibility index (Phi) is 4.26. The van der Waals surface area contributed by atoms with E-state index in [1.165, 1.54) is 44.2 Å². The number of rotatable bonds is 3.